The van der Waals surface area contributed by atoms with Crippen LogP contribution in [0.3, 0.4) is 0 Å². The van der Waals surface area contributed by atoms with Crippen molar-refractivity contribution in [2.24, 2.45) is 0 Å². The maximum Gasteiger partial charge on any atom is 0.240 e. The number of hydrogen-bond acceptors (Lipinski definition) is 2. The quantitative estimate of drug-likeness (QED) is 0.900. The van der Waals surface area contributed by atoms with Crippen molar-refractivity contribution in [1.29, 1.82) is 0 Å². The third-order valence-electron chi connectivity index (χ3n) is 4.53. The van der Waals surface area contributed by atoms with E-state index in [0.717, 1.165) is 24.8 Å². The predicted molar refractivity (Wildman–Crippen MR) is 92.1 cm³/mol. The van der Waals surface area contributed by atoms with Gasteiger partial charge >= 0.3 is 0 Å². The van der Waals surface area contributed by atoms with Crippen LogP contribution in [0.4, 0.5) is 4.39 Å². The van der Waals surface area contributed by atoms with Crippen molar-refractivity contribution in [2.45, 2.75) is 57.9 Å². The molecule has 0 heterocycles. The zero-order chi connectivity index (χ0) is 18.0. The first-order chi connectivity index (χ1) is 11.2. The Kier molecular flexibility index (Phi) is 5.31. The average Bonchev–Trinajstić information content (AvgIpc) is 2.43. The summed E-state index contributed by atoms with van der Waals surface area (Å²) < 4.78 is 13.2. The van der Waals surface area contributed by atoms with Crippen molar-refractivity contribution in [3.63, 3.8) is 0 Å². The zero-order valence-corrected chi connectivity index (χ0v) is 15.0. The number of rotatable bonds is 5. The van der Waals surface area contributed by atoms with E-state index in [9.17, 15) is 14.0 Å². The first-order valence-electron chi connectivity index (χ1n) is 8.54. The molecule has 0 radical (unpaired) electrons. The van der Waals surface area contributed by atoms with Crippen LogP contribution in [0.1, 0.15) is 52.5 Å². The first-order valence-corrected chi connectivity index (χ1v) is 8.54. The van der Waals surface area contributed by atoms with Gasteiger partial charge < -0.3 is 10.2 Å². The lowest BCUT2D eigenvalue weighted by Gasteiger charge is -2.43. The Morgan fingerprint density at radius 1 is 1.21 bits per heavy atom. The second-order valence-electron chi connectivity index (χ2n) is 7.56. The van der Waals surface area contributed by atoms with Gasteiger partial charge in [0.15, 0.2) is 0 Å². The molecule has 5 heteroatoms. The summed E-state index contributed by atoms with van der Waals surface area (Å²) in [6.07, 6.45) is 2.46. The number of nitrogens with zero attached hydrogens (tertiary/aromatic N) is 1. The zero-order valence-electron chi connectivity index (χ0n) is 15.0. The van der Waals surface area contributed by atoms with E-state index in [1.807, 2.05) is 27.7 Å². The summed E-state index contributed by atoms with van der Waals surface area (Å²) >= 11 is 0. The van der Waals surface area contributed by atoms with Gasteiger partial charge in [0.05, 0.1) is 12.0 Å². The van der Waals surface area contributed by atoms with E-state index in [1.165, 1.54) is 12.1 Å². The number of amides is 2. The van der Waals surface area contributed by atoms with E-state index >= 15 is 0 Å². The van der Waals surface area contributed by atoms with E-state index < -0.39 is 5.41 Å². The fourth-order valence-corrected chi connectivity index (χ4v) is 3.19. The third-order valence-corrected chi connectivity index (χ3v) is 4.53. The molecule has 0 unspecified atom stereocenters. The Morgan fingerprint density at radius 2 is 1.79 bits per heavy atom. The molecular weight excluding hydrogens is 307 g/mol. The van der Waals surface area contributed by atoms with Gasteiger partial charge in [-0.1, -0.05) is 18.6 Å². The van der Waals surface area contributed by atoms with E-state index in [4.69, 9.17) is 0 Å². The van der Waals surface area contributed by atoms with Crippen molar-refractivity contribution in [1.82, 2.24) is 10.2 Å². The Morgan fingerprint density at radius 3 is 2.21 bits per heavy atom. The van der Waals surface area contributed by atoms with Gasteiger partial charge in [0.2, 0.25) is 11.8 Å². The smallest absolute Gasteiger partial charge is 0.240 e. The summed E-state index contributed by atoms with van der Waals surface area (Å²) in [5.41, 5.74) is -0.0917. The molecule has 132 valence electrons. The van der Waals surface area contributed by atoms with Crippen LogP contribution in [0.5, 0.6) is 0 Å². The van der Waals surface area contributed by atoms with Crippen LogP contribution in [-0.2, 0) is 15.0 Å². The summed E-state index contributed by atoms with van der Waals surface area (Å²) in [6, 6.07) is 6.17. The molecule has 0 aliphatic heterocycles. The van der Waals surface area contributed by atoms with Gasteiger partial charge in [0, 0.05) is 12.1 Å². The summed E-state index contributed by atoms with van der Waals surface area (Å²) in [6.45, 7) is 8.13. The molecule has 0 saturated heterocycles. The van der Waals surface area contributed by atoms with E-state index in [-0.39, 0.29) is 29.7 Å². The Bertz CT molecular complexity index is 601. The fourth-order valence-electron chi connectivity index (χ4n) is 3.19. The van der Waals surface area contributed by atoms with Crippen LogP contribution in [-0.4, -0.2) is 35.3 Å². The largest absolute Gasteiger partial charge is 0.350 e. The summed E-state index contributed by atoms with van der Waals surface area (Å²) in [4.78, 5) is 26.9. The van der Waals surface area contributed by atoms with Crippen LogP contribution in [0.15, 0.2) is 24.3 Å². The summed E-state index contributed by atoms with van der Waals surface area (Å²) in [7, 11) is 0. The SMILES string of the molecule is CCN(CC(=O)NC(C)(C)C)C(=O)C1(c2ccc(F)cc2)CCC1. The maximum atomic E-state index is 13.2. The first kappa shape index (κ1) is 18.4. The molecular formula is C19H27FN2O2. The average molecular weight is 334 g/mol. The van der Waals surface area contributed by atoms with Gasteiger partial charge in [-0.2, -0.15) is 0 Å². The van der Waals surface area contributed by atoms with Gasteiger partial charge in [0.1, 0.15) is 5.82 Å². The molecule has 0 atom stereocenters. The van der Waals surface area contributed by atoms with Crippen molar-refractivity contribution < 1.29 is 14.0 Å². The van der Waals surface area contributed by atoms with Crippen LogP contribution in [0.2, 0.25) is 0 Å². The van der Waals surface area contributed by atoms with Crippen LogP contribution >= 0.6 is 0 Å². The number of benzene rings is 1. The molecule has 0 aromatic heterocycles. The minimum absolute atomic E-state index is 0.0353. The summed E-state index contributed by atoms with van der Waals surface area (Å²) in [5.74, 6) is -0.504. The van der Waals surface area contributed by atoms with E-state index in [0.29, 0.717) is 6.54 Å². The second-order valence-corrected chi connectivity index (χ2v) is 7.56. The molecule has 1 aliphatic carbocycles. The van der Waals surface area contributed by atoms with Crippen molar-refractivity contribution in [2.75, 3.05) is 13.1 Å². The normalized spacial score (nSPS) is 16.2. The molecule has 1 aromatic carbocycles. The minimum atomic E-state index is -0.605. The lowest BCUT2D eigenvalue weighted by Crippen LogP contribution is -2.54. The Labute approximate surface area is 143 Å². The highest BCUT2D eigenvalue weighted by Crippen LogP contribution is 2.45. The number of hydrogen-bond donors (Lipinski definition) is 1. The van der Waals surface area contributed by atoms with Crippen LogP contribution in [0, 0.1) is 5.82 Å². The number of carbonyl (C=O) groups is 2. The molecule has 1 aliphatic rings. The Hall–Kier alpha value is -1.91. The second kappa shape index (κ2) is 6.91. The van der Waals surface area contributed by atoms with Crippen molar-refractivity contribution >= 4 is 11.8 Å². The fraction of sp³-hybridized carbons (Fsp3) is 0.579. The van der Waals surface area contributed by atoms with Gasteiger partial charge in [-0.05, 0) is 58.2 Å². The van der Waals surface area contributed by atoms with E-state index in [1.54, 1.807) is 17.0 Å². The number of likely N-dealkylation sites (N-methyl/N-ethyl adjacent to an activating group) is 1. The molecule has 1 aromatic rings. The number of carbonyl (C=O) groups excluding carboxylic acids is 2. The topological polar surface area (TPSA) is 49.4 Å². The lowest BCUT2D eigenvalue weighted by molar-refractivity contribution is -0.144. The third kappa shape index (κ3) is 3.94. The minimum Gasteiger partial charge on any atom is -0.350 e. The Balaban J connectivity index is 2.16. The van der Waals surface area contributed by atoms with Gasteiger partial charge in [-0.15, -0.1) is 0 Å². The lowest BCUT2D eigenvalue weighted by atomic mass is 9.63. The molecule has 0 spiro atoms. The molecule has 24 heavy (non-hydrogen) atoms. The van der Waals surface area contributed by atoms with Gasteiger partial charge in [-0.3, -0.25) is 9.59 Å². The highest BCUT2D eigenvalue weighted by atomic mass is 19.1. The van der Waals surface area contributed by atoms with Crippen LogP contribution < -0.4 is 5.32 Å². The standard InChI is InChI=1S/C19H27FN2O2/c1-5-22(13-16(23)21-18(2,3)4)17(24)19(11-6-12-19)14-7-9-15(20)10-8-14/h7-10H,5-6,11-13H2,1-4H3,(H,21,23). The highest BCUT2D eigenvalue weighted by molar-refractivity contribution is 5.92. The predicted octanol–water partition coefficient (Wildman–Crippen LogP) is 3.01. The monoisotopic (exact) mass is 334 g/mol. The van der Waals surface area contributed by atoms with Gasteiger partial charge in [0.25, 0.3) is 0 Å². The molecule has 1 N–H and O–H groups in total. The molecule has 4 nitrogen and oxygen atoms in total. The molecule has 2 amide bonds. The molecule has 2 rings (SSSR count). The molecule has 1 saturated carbocycles. The van der Waals surface area contributed by atoms with Crippen molar-refractivity contribution in [3.8, 4) is 0 Å². The summed E-state index contributed by atoms with van der Waals surface area (Å²) in [5, 5.41) is 2.89. The van der Waals surface area contributed by atoms with E-state index in [2.05, 4.69) is 5.32 Å². The number of halogens is 1. The maximum absolute atomic E-state index is 13.2. The highest BCUT2D eigenvalue weighted by Gasteiger charge is 2.47. The molecule has 1 fully saturated rings. The molecule has 0 bridgehead atoms. The van der Waals surface area contributed by atoms with Crippen molar-refractivity contribution in [3.05, 3.63) is 35.6 Å². The van der Waals surface area contributed by atoms with Crippen LogP contribution in [0.25, 0.3) is 0 Å². The van der Waals surface area contributed by atoms with Gasteiger partial charge in [-0.25, -0.2) is 4.39 Å². The number of nitrogens with one attached hydrogen (secondary N) is 1.